The fraction of sp³-hybridized carbons (Fsp3) is 0.167. The predicted molar refractivity (Wildman–Crippen MR) is 90.9 cm³/mol. The second kappa shape index (κ2) is 7.42. The van der Waals surface area contributed by atoms with Crippen LogP contribution in [-0.4, -0.2) is 16.4 Å². The maximum absolute atomic E-state index is 12.9. The predicted octanol–water partition coefficient (Wildman–Crippen LogP) is 4.37. The van der Waals surface area contributed by atoms with Gasteiger partial charge in [-0.15, -0.1) is 0 Å². The van der Waals surface area contributed by atoms with E-state index in [1.165, 1.54) is 12.1 Å². The maximum atomic E-state index is 12.9. The molecule has 1 aromatic heterocycles. The van der Waals surface area contributed by atoms with E-state index < -0.39 is 0 Å². The highest BCUT2D eigenvalue weighted by Gasteiger charge is 2.13. The molecule has 0 spiro atoms. The Hall–Kier alpha value is -2.14. The van der Waals surface area contributed by atoms with E-state index in [9.17, 15) is 4.39 Å². The molecule has 0 saturated heterocycles. The third kappa shape index (κ3) is 4.42. The molecule has 0 N–H and O–H groups in total. The van der Waals surface area contributed by atoms with E-state index in [0.29, 0.717) is 6.61 Å². The third-order valence-electron chi connectivity index (χ3n) is 3.46. The van der Waals surface area contributed by atoms with Crippen molar-refractivity contribution >= 4 is 15.9 Å². The summed E-state index contributed by atoms with van der Waals surface area (Å²) >= 11 is 3.58. The first-order valence-corrected chi connectivity index (χ1v) is 8.07. The smallest absolute Gasteiger partial charge is 0.133 e. The average Bonchev–Trinajstić information content (AvgIpc) is 2.57. The van der Waals surface area contributed by atoms with Crippen molar-refractivity contribution in [2.75, 3.05) is 6.54 Å². The summed E-state index contributed by atoms with van der Waals surface area (Å²) in [6.45, 7) is 1.95. The van der Waals surface area contributed by atoms with Crippen LogP contribution in [0.3, 0.4) is 0 Å². The maximum Gasteiger partial charge on any atom is 0.133 e. The minimum absolute atomic E-state index is 0.238. The number of hydrogen-bond acceptors (Lipinski definition) is 3. The normalized spacial score (nSPS) is 14.3. The summed E-state index contributed by atoms with van der Waals surface area (Å²) in [5.41, 5.74) is 2.10. The summed E-state index contributed by atoms with van der Waals surface area (Å²) in [7, 11) is 0. The molecule has 1 aliphatic heterocycles. The van der Waals surface area contributed by atoms with Crippen LogP contribution in [0.2, 0.25) is 0 Å². The number of ether oxygens (including phenoxy) is 1. The van der Waals surface area contributed by atoms with Crippen molar-refractivity contribution in [3.8, 4) is 0 Å². The SMILES string of the molecule is Fc1ccc(COC2=C(Br)CN(Cc3cccnc3)C=C2)cc1. The van der Waals surface area contributed by atoms with Crippen LogP contribution >= 0.6 is 15.9 Å². The second-order valence-corrected chi connectivity index (χ2v) is 6.22. The van der Waals surface area contributed by atoms with Gasteiger partial charge in [-0.3, -0.25) is 4.98 Å². The molecule has 23 heavy (non-hydrogen) atoms. The Balaban J connectivity index is 1.56. The van der Waals surface area contributed by atoms with Gasteiger partial charge in [0.15, 0.2) is 0 Å². The molecule has 1 aliphatic rings. The molecule has 118 valence electrons. The van der Waals surface area contributed by atoms with Gasteiger partial charge in [-0.1, -0.05) is 18.2 Å². The zero-order valence-electron chi connectivity index (χ0n) is 12.5. The molecule has 0 saturated carbocycles. The van der Waals surface area contributed by atoms with Gasteiger partial charge in [0.1, 0.15) is 18.2 Å². The van der Waals surface area contributed by atoms with Gasteiger partial charge in [-0.2, -0.15) is 0 Å². The van der Waals surface area contributed by atoms with Crippen LogP contribution in [0.25, 0.3) is 0 Å². The fourth-order valence-electron chi connectivity index (χ4n) is 2.28. The zero-order valence-corrected chi connectivity index (χ0v) is 14.0. The van der Waals surface area contributed by atoms with E-state index in [4.69, 9.17) is 4.74 Å². The van der Waals surface area contributed by atoms with Crippen LogP contribution in [0.4, 0.5) is 4.39 Å². The van der Waals surface area contributed by atoms with Gasteiger partial charge >= 0.3 is 0 Å². The van der Waals surface area contributed by atoms with Gasteiger partial charge < -0.3 is 9.64 Å². The summed E-state index contributed by atoms with van der Waals surface area (Å²) in [4.78, 5) is 6.30. The first-order chi connectivity index (χ1) is 11.2. The van der Waals surface area contributed by atoms with Gasteiger partial charge in [0.25, 0.3) is 0 Å². The molecule has 0 amide bonds. The van der Waals surface area contributed by atoms with Gasteiger partial charge in [0, 0.05) is 25.1 Å². The first-order valence-electron chi connectivity index (χ1n) is 7.28. The lowest BCUT2D eigenvalue weighted by Crippen LogP contribution is -2.22. The van der Waals surface area contributed by atoms with E-state index in [2.05, 4.69) is 31.9 Å². The minimum atomic E-state index is -0.238. The van der Waals surface area contributed by atoms with E-state index >= 15 is 0 Å². The Kier molecular flexibility index (Phi) is 5.08. The van der Waals surface area contributed by atoms with Crippen LogP contribution in [0.1, 0.15) is 11.1 Å². The summed E-state index contributed by atoms with van der Waals surface area (Å²) in [5, 5.41) is 0. The molecule has 0 fully saturated rings. The molecule has 3 rings (SSSR count). The summed E-state index contributed by atoms with van der Waals surface area (Å²) < 4.78 is 19.7. The molecule has 0 radical (unpaired) electrons. The Morgan fingerprint density at radius 2 is 2.00 bits per heavy atom. The van der Waals surface area contributed by atoms with E-state index in [1.54, 1.807) is 18.3 Å². The standard InChI is InChI=1S/C18H16BrFN2O/c19-17-12-22(11-15-2-1-8-21-10-15)9-7-18(17)23-13-14-3-5-16(20)6-4-14/h1-10H,11-13H2. The Morgan fingerprint density at radius 3 is 2.70 bits per heavy atom. The van der Waals surface area contributed by atoms with Crippen LogP contribution in [0, 0.1) is 5.82 Å². The molecule has 2 aromatic rings. The third-order valence-corrected chi connectivity index (χ3v) is 4.10. The monoisotopic (exact) mass is 374 g/mol. The van der Waals surface area contributed by atoms with Crippen molar-refractivity contribution in [1.29, 1.82) is 0 Å². The molecule has 0 aliphatic carbocycles. The number of pyridine rings is 1. The van der Waals surface area contributed by atoms with Gasteiger partial charge in [0.2, 0.25) is 0 Å². The van der Waals surface area contributed by atoms with Gasteiger partial charge in [-0.25, -0.2) is 4.39 Å². The van der Waals surface area contributed by atoms with E-state index in [1.807, 2.05) is 24.5 Å². The quantitative estimate of drug-likeness (QED) is 0.776. The molecule has 0 atom stereocenters. The highest BCUT2D eigenvalue weighted by molar-refractivity contribution is 9.11. The number of aromatic nitrogens is 1. The second-order valence-electron chi connectivity index (χ2n) is 5.27. The minimum Gasteiger partial charge on any atom is -0.488 e. The Labute approximate surface area is 143 Å². The average molecular weight is 375 g/mol. The van der Waals surface area contributed by atoms with E-state index in [-0.39, 0.29) is 5.82 Å². The largest absolute Gasteiger partial charge is 0.488 e. The molecule has 0 unspecified atom stereocenters. The molecular formula is C18H16BrFN2O. The highest BCUT2D eigenvalue weighted by atomic mass is 79.9. The number of allylic oxidation sites excluding steroid dienone is 1. The molecule has 1 aromatic carbocycles. The van der Waals surface area contributed by atoms with Crippen LogP contribution < -0.4 is 0 Å². The first kappa shape index (κ1) is 15.7. The van der Waals surface area contributed by atoms with E-state index in [0.717, 1.165) is 34.5 Å². The number of benzene rings is 1. The number of rotatable bonds is 5. The van der Waals surface area contributed by atoms with Crippen LogP contribution in [-0.2, 0) is 17.9 Å². The van der Waals surface area contributed by atoms with Crippen molar-refractivity contribution in [3.05, 3.63) is 88.3 Å². The Morgan fingerprint density at radius 1 is 1.17 bits per heavy atom. The van der Waals surface area contributed by atoms with Crippen molar-refractivity contribution in [1.82, 2.24) is 9.88 Å². The Bertz CT molecular complexity index is 714. The summed E-state index contributed by atoms with van der Waals surface area (Å²) in [6.07, 6.45) is 7.59. The topological polar surface area (TPSA) is 25.4 Å². The van der Waals surface area contributed by atoms with Crippen molar-refractivity contribution < 1.29 is 9.13 Å². The molecule has 0 bridgehead atoms. The zero-order chi connectivity index (χ0) is 16.1. The van der Waals surface area contributed by atoms with Crippen LogP contribution in [0.5, 0.6) is 0 Å². The van der Waals surface area contributed by atoms with Crippen molar-refractivity contribution in [2.45, 2.75) is 13.2 Å². The van der Waals surface area contributed by atoms with Gasteiger partial charge in [-0.05, 0) is 51.3 Å². The summed E-state index contributed by atoms with van der Waals surface area (Å²) in [5.74, 6) is 0.564. The van der Waals surface area contributed by atoms with Crippen molar-refractivity contribution in [2.24, 2.45) is 0 Å². The number of nitrogens with zero attached hydrogens (tertiary/aromatic N) is 2. The van der Waals surface area contributed by atoms with Crippen molar-refractivity contribution in [3.63, 3.8) is 0 Å². The number of halogens is 2. The van der Waals surface area contributed by atoms with Gasteiger partial charge in [0.05, 0.1) is 11.0 Å². The fourth-order valence-corrected chi connectivity index (χ4v) is 2.84. The summed E-state index contributed by atoms with van der Waals surface area (Å²) in [6, 6.07) is 10.3. The highest BCUT2D eigenvalue weighted by Crippen LogP contribution is 2.23. The lowest BCUT2D eigenvalue weighted by Gasteiger charge is -2.25. The molecular weight excluding hydrogens is 359 g/mol. The lowest BCUT2D eigenvalue weighted by molar-refractivity contribution is 0.203. The van der Waals surface area contributed by atoms with Crippen LogP contribution in [0.15, 0.2) is 71.3 Å². The molecule has 2 heterocycles. The molecule has 3 nitrogen and oxygen atoms in total. The molecule has 5 heteroatoms. The lowest BCUT2D eigenvalue weighted by atomic mass is 10.2. The number of hydrogen-bond donors (Lipinski definition) is 0.